The maximum Gasteiger partial charge on any atom is 0.319 e. The number of hydrogen-bond acceptors (Lipinski definition) is 2. The Labute approximate surface area is 133 Å². The van der Waals surface area contributed by atoms with Crippen LogP contribution in [0.25, 0.3) is 0 Å². The third-order valence-electron chi connectivity index (χ3n) is 2.58. The number of hydrogen-bond donors (Lipinski definition) is 2. The van der Waals surface area contributed by atoms with Gasteiger partial charge in [0.25, 0.3) is 0 Å². The molecule has 0 radical (unpaired) electrons. The van der Waals surface area contributed by atoms with Crippen LogP contribution in [-0.4, -0.2) is 19.2 Å². The molecule has 2 aromatic rings. The third-order valence-corrected chi connectivity index (χ3v) is 3.13. The molecule has 0 aliphatic heterocycles. The van der Waals surface area contributed by atoms with Crippen molar-refractivity contribution in [2.75, 3.05) is 18.5 Å². The van der Waals surface area contributed by atoms with Gasteiger partial charge in [-0.25, -0.2) is 4.79 Å². The van der Waals surface area contributed by atoms with E-state index in [-0.39, 0.29) is 6.03 Å². The first-order valence-corrected chi connectivity index (χ1v) is 7.08. The fraction of sp³-hybridized carbons (Fsp3) is 0.133. The van der Waals surface area contributed by atoms with Crippen LogP contribution in [0.5, 0.6) is 5.75 Å². The van der Waals surface area contributed by atoms with Crippen LogP contribution >= 0.6 is 23.2 Å². The predicted molar refractivity (Wildman–Crippen MR) is 85.4 cm³/mol. The molecule has 2 N–H and O–H groups in total. The van der Waals surface area contributed by atoms with E-state index in [0.717, 1.165) is 5.75 Å². The molecule has 0 aliphatic carbocycles. The lowest BCUT2D eigenvalue weighted by atomic mass is 10.3. The van der Waals surface area contributed by atoms with Crippen molar-refractivity contribution >= 4 is 34.9 Å². The fourth-order valence-electron chi connectivity index (χ4n) is 1.61. The smallest absolute Gasteiger partial charge is 0.319 e. The van der Waals surface area contributed by atoms with Crippen LogP contribution in [0.2, 0.25) is 10.0 Å². The first-order valence-electron chi connectivity index (χ1n) is 6.33. The highest BCUT2D eigenvalue weighted by molar-refractivity contribution is 6.36. The van der Waals surface area contributed by atoms with E-state index < -0.39 is 0 Å². The largest absolute Gasteiger partial charge is 0.492 e. The number of ether oxygens (including phenoxy) is 1. The lowest BCUT2D eigenvalue weighted by molar-refractivity contribution is 0.247. The molecule has 2 aromatic carbocycles. The molecule has 0 aromatic heterocycles. The summed E-state index contributed by atoms with van der Waals surface area (Å²) in [5.74, 6) is 0.764. The van der Waals surface area contributed by atoms with Gasteiger partial charge in [-0.1, -0.05) is 41.4 Å². The third kappa shape index (κ3) is 5.17. The number of amides is 2. The van der Waals surface area contributed by atoms with Gasteiger partial charge in [-0.15, -0.1) is 0 Å². The van der Waals surface area contributed by atoms with E-state index >= 15 is 0 Å². The van der Waals surface area contributed by atoms with Crippen molar-refractivity contribution < 1.29 is 9.53 Å². The number of urea groups is 1. The zero-order valence-corrected chi connectivity index (χ0v) is 12.6. The van der Waals surface area contributed by atoms with Crippen LogP contribution in [0, 0.1) is 0 Å². The quantitative estimate of drug-likeness (QED) is 0.810. The van der Waals surface area contributed by atoms with Gasteiger partial charge < -0.3 is 15.4 Å². The van der Waals surface area contributed by atoms with Gasteiger partial charge >= 0.3 is 6.03 Å². The normalized spacial score (nSPS) is 10.0. The maximum atomic E-state index is 11.7. The molecule has 0 heterocycles. The highest BCUT2D eigenvalue weighted by Gasteiger charge is 2.05. The minimum absolute atomic E-state index is 0.351. The average molecular weight is 325 g/mol. The van der Waals surface area contributed by atoms with Crippen LogP contribution in [0.15, 0.2) is 48.5 Å². The van der Waals surface area contributed by atoms with Gasteiger partial charge in [0.1, 0.15) is 12.4 Å². The SMILES string of the molecule is O=C(NCCOc1ccccc1)Nc1ccc(Cl)cc1Cl. The Morgan fingerprint density at radius 3 is 2.57 bits per heavy atom. The minimum Gasteiger partial charge on any atom is -0.492 e. The van der Waals surface area contributed by atoms with Gasteiger partial charge in [0, 0.05) is 5.02 Å². The van der Waals surface area contributed by atoms with Crippen molar-refractivity contribution in [3.05, 3.63) is 58.6 Å². The molecule has 0 atom stereocenters. The van der Waals surface area contributed by atoms with E-state index in [9.17, 15) is 4.79 Å². The Morgan fingerprint density at radius 2 is 1.86 bits per heavy atom. The Hall–Kier alpha value is -1.91. The summed E-state index contributed by atoms with van der Waals surface area (Å²) in [6.07, 6.45) is 0. The first-order chi connectivity index (χ1) is 10.1. The Bertz CT molecular complexity index is 606. The summed E-state index contributed by atoms with van der Waals surface area (Å²) in [6, 6.07) is 13.9. The number of rotatable bonds is 5. The molecule has 0 unspecified atom stereocenters. The van der Waals surface area contributed by atoms with Gasteiger partial charge in [0.05, 0.1) is 17.3 Å². The van der Waals surface area contributed by atoms with E-state index in [4.69, 9.17) is 27.9 Å². The molecule has 0 spiro atoms. The highest BCUT2D eigenvalue weighted by Crippen LogP contribution is 2.25. The van der Waals surface area contributed by atoms with E-state index in [1.165, 1.54) is 0 Å². The van der Waals surface area contributed by atoms with Gasteiger partial charge in [-0.2, -0.15) is 0 Å². The second kappa shape index (κ2) is 7.76. The predicted octanol–water partition coefficient (Wildman–Crippen LogP) is 4.19. The minimum atomic E-state index is -0.351. The summed E-state index contributed by atoms with van der Waals surface area (Å²) in [5, 5.41) is 6.22. The molecular weight excluding hydrogens is 311 g/mol. The summed E-state index contributed by atoms with van der Waals surface area (Å²) >= 11 is 11.7. The number of para-hydroxylation sites is 1. The number of carbonyl (C=O) groups excluding carboxylic acids is 1. The van der Waals surface area contributed by atoms with Gasteiger partial charge in [-0.05, 0) is 30.3 Å². The van der Waals surface area contributed by atoms with Crippen LogP contribution in [0.4, 0.5) is 10.5 Å². The molecule has 0 saturated carbocycles. The van der Waals surface area contributed by atoms with E-state index in [2.05, 4.69) is 10.6 Å². The summed E-state index contributed by atoms with van der Waals surface area (Å²) in [5.41, 5.74) is 0.502. The average Bonchev–Trinajstić information content (AvgIpc) is 2.48. The number of halogens is 2. The van der Waals surface area contributed by atoms with Crippen molar-refractivity contribution in [3.8, 4) is 5.75 Å². The lowest BCUT2D eigenvalue weighted by Crippen LogP contribution is -2.32. The molecule has 0 bridgehead atoms. The number of carbonyl (C=O) groups is 1. The molecule has 0 saturated heterocycles. The van der Waals surface area contributed by atoms with Gasteiger partial charge in [0.2, 0.25) is 0 Å². The van der Waals surface area contributed by atoms with Crippen molar-refractivity contribution in [1.29, 1.82) is 0 Å². The summed E-state index contributed by atoms with van der Waals surface area (Å²) in [6.45, 7) is 0.762. The van der Waals surface area contributed by atoms with Crippen LogP contribution in [-0.2, 0) is 0 Å². The number of nitrogens with one attached hydrogen (secondary N) is 2. The van der Waals surface area contributed by atoms with E-state index in [1.54, 1.807) is 18.2 Å². The van der Waals surface area contributed by atoms with E-state index in [0.29, 0.717) is 28.9 Å². The maximum absolute atomic E-state index is 11.7. The monoisotopic (exact) mass is 324 g/mol. The van der Waals surface area contributed by atoms with Crippen LogP contribution < -0.4 is 15.4 Å². The van der Waals surface area contributed by atoms with Crippen molar-refractivity contribution in [3.63, 3.8) is 0 Å². The zero-order chi connectivity index (χ0) is 15.1. The Balaban J connectivity index is 1.72. The summed E-state index contributed by atoms with van der Waals surface area (Å²) in [4.78, 5) is 11.7. The molecule has 6 heteroatoms. The second-order valence-electron chi connectivity index (χ2n) is 4.17. The standard InChI is InChI=1S/C15H14Cl2N2O2/c16-11-6-7-14(13(17)10-11)19-15(20)18-8-9-21-12-4-2-1-3-5-12/h1-7,10H,8-9H2,(H2,18,19,20). The topological polar surface area (TPSA) is 50.4 Å². The lowest BCUT2D eigenvalue weighted by Gasteiger charge is -2.10. The molecule has 0 fully saturated rings. The fourth-order valence-corrected chi connectivity index (χ4v) is 2.06. The van der Waals surface area contributed by atoms with Crippen molar-refractivity contribution in [2.24, 2.45) is 0 Å². The summed E-state index contributed by atoms with van der Waals surface area (Å²) in [7, 11) is 0. The highest BCUT2D eigenvalue weighted by atomic mass is 35.5. The molecule has 110 valence electrons. The number of anilines is 1. The van der Waals surface area contributed by atoms with Gasteiger partial charge in [-0.3, -0.25) is 0 Å². The van der Waals surface area contributed by atoms with Crippen molar-refractivity contribution in [1.82, 2.24) is 5.32 Å². The Morgan fingerprint density at radius 1 is 1.10 bits per heavy atom. The molecule has 2 rings (SSSR count). The van der Waals surface area contributed by atoms with Crippen LogP contribution in [0.3, 0.4) is 0 Å². The first kappa shape index (κ1) is 15.5. The Kier molecular flexibility index (Phi) is 5.72. The van der Waals surface area contributed by atoms with Gasteiger partial charge in [0.15, 0.2) is 0 Å². The molecule has 4 nitrogen and oxygen atoms in total. The second-order valence-corrected chi connectivity index (χ2v) is 5.01. The van der Waals surface area contributed by atoms with E-state index in [1.807, 2.05) is 30.3 Å². The molecular formula is C15H14Cl2N2O2. The van der Waals surface area contributed by atoms with Crippen LogP contribution in [0.1, 0.15) is 0 Å². The molecule has 2 amide bonds. The molecule has 0 aliphatic rings. The van der Waals surface area contributed by atoms with Crippen molar-refractivity contribution in [2.45, 2.75) is 0 Å². The molecule has 21 heavy (non-hydrogen) atoms. The zero-order valence-electron chi connectivity index (χ0n) is 11.1. The number of benzene rings is 2. The summed E-state index contributed by atoms with van der Waals surface area (Å²) < 4.78 is 5.46.